The molecule has 0 bridgehead atoms. The molecule has 206 valence electrons. The van der Waals surface area contributed by atoms with Gasteiger partial charge in [0.05, 0.1) is 12.6 Å². The Morgan fingerprint density at radius 1 is 0.763 bits per heavy atom. The largest absolute Gasteiger partial charge is 0.508 e. The second kappa shape index (κ2) is 14.7. The summed E-state index contributed by atoms with van der Waals surface area (Å²) in [6, 6.07) is 10.2. The van der Waals surface area contributed by atoms with Crippen molar-refractivity contribution >= 4 is 23.7 Å². The molecule has 0 fully saturated rings. The zero-order valence-electron chi connectivity index (χ0n) is 21.5. The average molecular weight is 529 g/mol. The number of carboxylic acids is 1. The second-order valence-corrected chi connectivity index (χ2v) is 9.50. The van der Waals surface area contributed by atoms with E-state index in [0.29, 0.717) is 12.0 Å². The Labute approximate surface area is 221 Å². The summed E-state index contributed by atoms with van der Waals surface area (Å²) in [5.41, 5.74) is 7.35. The van der Waals surface area contributed by atoms with Gasteiger partial charge in [0.15, 0.2) is 0 Å². The van der Waals surface area contributed by atoms with Crippen LogP contribution in [-0.2, 0) is 32.0 Å². The SMILES string of the molecule is CC(C)CC(N)C(=O)NC(Cc1ccccc1)C(=O)NC(Cc1ccc(O)cc1)C(=O)NC(CO)C(=O)O. The van der Waals surface area contributed by atoms with Crippen LogP contribution in [0, 0.1) is 5.92 Å². The number of carbonyl (C=O) groups is 4. The monoisotopic (exact) mass is 528 g/mol. The Balaban J connectivity index is 2.29. The minimum Gasteiger partial charge on any atom is -0.508 e. The lowest BCUT2D eigenvalue weighted by Crippen LogP contribution is -2.58. The maximum Gasteiger partial charge on any atom is 0.328 e. The highest BCUT2D eigenvalue weighted by atomic mass is 16.4. The minimum absolute atomic E-state index is 0.00776. The summed E-state index contributed by atoms with van der Waals surface area (Å²) >= 11 is 0. The predicted octanol–water partition coefficient (Wildman–Crippen LogP) is 0.0821. The van der Waals surface area contributed by atoms with Gasteiger partial charge in [-0.05, 0) is 35.6 Å². The highest BCUT2D eigenvalue weighted by Gasteiger charge is 2.30. The fraction of sp³-hybridized carbons (Fsp3) is 0.407. The maximum absolute atomic E-state index is 13.4. The van der Waals surface area contributed by atoms with Crippen LogP contribution in [0.5, 0.6) is 5.75 Å². The molecule has 2 aromatic rings. The van der Waals surface area contributed by atoms with E-state index in [1.807, 2.05) is 19.9 Å². The number of aliphatic hydroxyl groups excluding tert-OH is 1. The fourth-order valence-electron chi connectivity index (χ4n) is 3.76. The fourth-order valence-corrected chi connectivity index (χ4v) is 3.76. The molecule has 11 nitrogen and oxygen atoms in total. The molecule has 2 rings (SSSR count). The van der Waals surface area contributed by atoms with Gasteiger partial charge >= 0.3 is 5.97 Å². The van der Waals surface area contributed by atoms with E-state index in [0.717, 1.165) is 5.56 Å². The molecule has 0 aliphatic heterocycles. The van der Waals surface area contributed by atoms with Crippen LogP contribution in [0.3, 0.4) is 0 Å². The van der Waals surface area contributed by atoms with Gasteiger partial charge in [-0.3, -0.25) is 14.4 Å². The van der Waals surface area contributed by atoms with Crippen molar-refractivity contribution < 1.29 is 34.5 Å². The second-order valence-electron chi connectivity index (χ2n) is 9.50. The zero-order valence-corrected chi connectivity index (χ0v) is 21.5. The van der Waals surface area contributed by atoms with Crippen LogP contribution in [0.4, 0.5) is 0 Å². The van der Waals surface area contributed by atoms with E-state index in [4.69, 9.17) is 5.73 Å². The van der Waals surface area contributed by atoms with Gasteiger partial charge in [-0.2, -0.15) is 0 Å². The first-order valence-corrected chi connectivity index (χ1v) is 12.3. The smallest absolute Gasteiger partial charge is 0.328 e. The van der Waals surface area contributed by atoms with E-state index in [1.165, 1.54) is 12.1 Å². The molecule has 0 saturated carbocycles. The Morgan fingerprint density at radius 3 is 1.71 bits per heavy atom. The zero-order chi connectivity index (χ0) is 28.2. The molecule has 0 aliphatic rings. The molecule has 11 heteroatoms. The first-order chi connectivity index (χ1) is 18.0. The van der Waals surface area contributed by atoms with Gasteiger partial charge < -0.3 is 37.0 Å². The van der Waals surface area contributed by atoms with E-state index in [-0.39, 0.29) is 24.5 Å². The molecule has 4 atom stereocenters. The minimum atomic E-state index is -1.57. The van der Waals surface area contributed by atoms with Crippen molar-refractivity contribution in [2.45, 2.75) is 57.3 Å². The number of nitrogens with one attached hydrogen (secondary N) is 3. The Bertz CT molecular complexity index is 1080. The molecule has 4 unspecified atom stereocenters. The molecule has 8 N–H and O–H groups in total. The third-order valence-electron chi connectivity index (χ3n) is 5.78. The number of phenolic OH excluding ortho intramolecular Hbond substituents is 1. The van der Waals surface area contributed by atoms with Gasteiger partial charge in [-0.25, -0.2) is 4.79 Å². The van der Waals surface area contributed by atoms with Crippen LogP contribution < -0.4 is 21.7 Å². The van der Waals surface area contributed by atoms with E-state index in [9.17, 15) is 34.5 Å². The third-order valence-corrected chi connectivity index (χ3v) is 5.78. The number of rotatable bonds is 14. The third kappa shape index (κ3) is 9.83. The van der Waals surface area contributed by atoms with E-state index in [2.05, 4.69) is 16.0 Å². The number of amides is 3. The summed E-state index contributed by atoms with van der Waals surface area (Å²) < 4.78 is 0. The normalized spacial score (nSPS) is 14.1. The standard InChI is InChI=1S/C27H36N4O7/c1-16(2)12-20(28)24(34)29-21(13-17-6-4-3-5-7-17)25(35)30-22(14-18-8-10-19(33)11-9-18)26(36)31-23(15-32)27(37)38/h3-11,16,20-23,32-33H,12-15,28H2,1-2H3,(H,29,34)(H,30,35)(H,31,36)(H,37,38). The molecular formula is C27H36N4O7. The maximum atomic E-state index is 13.4. The van der Waals surface area contributed by atoms with Crippen LogP contribution in [-0.4, -0.2) is 69.8 Å². The number of hydrogen-bond donors (Lipinski definition) is 7. The molecule has 0 radical (unpaired) electrons. The summed E-state index contributed by atoms with van der Waals surface area (Å²) in [5, 5.41) is 35.6. The van der Waals surface area contributed by atoms with Crippen LogP contribution in [0.1, 0.15) is 31.4 Å². The lowest BCUT2D eigenvalue weighted by molar-refractivity contribution is -0.143. The molecule has 0 heterocycles. The van der Waals surface area contributed by atoms with Crippen LogP contribution >= 0.6 is 0 Å². The van der Waals surface area contributed by atoms with Crippen molar-refractivity contribution in [2.75, 3.05) is 6.61 Å². The number of aliphatic carboxylic acids is 1. The predicted molar refractivity (Wildman–Crippen MR) is 140 cm³/mol. The van der Waals surface area contributed by atoms with Crippen LogP contribution in [0.25, 0.3) is 0 Å². The number of aliphatic hydroxyl groups is 1. The topological polar surface area (TPSA) is 191 Å². The van der Waals surface area contributed by atoms with Crippen molar-refractivity contribution in [2.24, 2.45) is 11.7 Å². The molecule has 0 saturated heterocycles. The van der Waals surface area contributed by atoms with Crippen molar-refractivity contribution in [3.63, 3.8) is 0 Å². The Hall–Kier alpha value is -3.96. The molecule has 3 amide bonds. The van der Waals surface area contributed by atoms with Crippen molar-refractivity contribution in [3.05, 3.63) is 65.7 Å². The number of hydrogen-bond acceptors (Lipinski definition) is 7. The number of carboxylic acid groups (broad SMARTS) is 1. The number of nitrogens with two attached hydrogens (primary N) is 1. The summed E-state index contributed by atoms with van der Waals surface area (Å²) in [5.74, 6) is -3.30. The molecule has 0 aromatic heterocycles. The highest BCUT2D eigenvalue weighted by molar-refractivity contribution is 5.94. The number of aromatic hydroxyl groups is 1. The van der Waals surface area contributed by atoms with Gasteiger partial charge in [-0.15, -0.1) is 0 Å². The quantitative estimate of drug-likeness (QED) is 0.179. The van der Waals surface area contributed by atoms with Gasteiger partial charge in [0.2, 0.25) is 17.7 Å². The van der Waals surface area contributed by atoms with Gasteiger partial charge in [0, 0.05) is 12.8 Å². The average Bonchev–Trinajstić information content (AvgIpc) is 2.87. The Kier molecular flexibility index (Phi) is 11.7. The summed E-state index contributed by atoms with van der Waals surface area (Å²) in [7, 11) is 0. The number of benzene rings is 2. The van der Waals surface area contributed by atoms with E-state index < -0.39 is 54.5 Å². The molecular weight excluding hydrogens is 492 g/mol. The van der Waals surface area contributed by atoms with Gasteiger partial charge in [-0.1, -0.05) is 56.3 Å². The highest BCUT2D eigenvalue weighted by Crippen LogP contribution is 2.13. The van der Waals surface area contributed by atoms with Crippen molar-refractivity contribution in [1.82, 2.24) is 16.0 Å². The van der Waals surface area contributed by atoms with Crippen molar-refractivity contribution in [3.8, 4) is 5.75 Å². The first-order valence-electron chi connectivity index (χ1n) is 12.3. The lowest BCUT2D eigenvalue weighted by atomic mass is 10.0. The number of carbonyl (C=O) groups excluding carboxylic acids is 3. The lowest BCUT2D eigenvalue weighted by Gasteiger charge is -2.25. The van der Waals surface area contributed by atoms with E-state index in [1.54, 1.807) is 36.4 Å². The van der Waals surface area contributed by atoms with Crippen LogP contribution in [0.2, 0.25) is 0 Å². The summed E-state index contributed by atoms with van der Waals surface area (Å²) in [4.78, 5) is 50.5. The summed E-state index contributed by atoms with van der Waals surface area (Å²) in [6.45, 7) is 3.00. The molecule has 0 aliphatic carbocycles. The molecule has 0 spiro atoms. The van der Waals surface area contributed by atoms with E-state index >= 15 is 0 Å². The van der Waals surface area contributed by atoms with Gasteiger partial charge in [0.1, 0.15) is 23.9 Å². The van der Waals surface area contributed by atoms with Crippen LogP contribution in [0.15, 0.2) is 54.6 Å². The Morgan fingerprint density at radius 2 is 1.24 bits per heavy atom. The summed E-state index contributed by atoms with van der Waals surface area (Å²) in [6.07, 6.45) is 0.484. The number of phenols is 1. The first kappa shape index (κ1) is 30.3. The van der Waals surface area contributed by atoms with Crippen molar-refractivity contribution in [1.29, 1.82) is 0 Å². The van der Waals surface area contributed by atoms with Gasteiger partial charge in [0.25, 0.3) is 0 Å². The molecule has 2 aromatic carbocycles. The molecule has 38 heavy (non-hydrogen) atoms.